The van der Waals surface area contributed by atoms with E-state index in [1.54, 1.807) is 19.5 Å². The van der Waals surface area contributed by atoms with Gasteiger partial charge >= 0.3 is 0 Å². The molecule has 0 aromatic carbocycles. The molecule has 1 unspecified atom stereocenters. The lowest BCUT2D eigenvalue weighted by molar-refractivity contribution is -0.122. The van der Waals surface area contributed by atoms with E-state index >= 15 is 0 Å². The van der Waals surface area contributed by atoms with Gasteiger partial charge in [0.15, 0.2) is 0 Å². The summed E-state index contributed by atoms with van der Waals surface area (Å²) in [7, 11) is 1.66. The molecule has 2 atom stereocenters. The third kappa shape index (κ3) is 5.81. The monoisotopic (exact) mass is 265 g/mol. The van der Waals surface area contributed by atoms with Crippen LogP contribution < -0.4 is 10.6 Å². The number of rotatable bonds is 8. The zero-order valence-electron chi connectivity index (χ0n) is 11.8. The highest BCUT2D eigenvalue weighted by molar-refractivity contribution is 5.81. The van der Waals surface area contributed by atoms with Crippen molar-refractivity contribution < 1.29 is 9.53 Å². The van der Waals surface area contributed by atoms with E-state index in [2.05, 4.69) is 15.6 Å². The van der Waals surface area contributed by atoms with Gasteiger partial charge in [-0.3, -0.25) is 15.1 Å². The van der Waals surface area contributed by atoms with Crippen molar-refractivity contribution >= 4 is 5.91 Å². The lowest BCUT2D eigenvalue weighted by Crippen LogP contribution is -2.43. The number of aromatic nitrogens is 1. The molecule has 0 aliphatic carbocycles. The van der Waals surface area contributed by atoms with Crippen molar-refractivity contribution in [1.29, 1.82) is 0 Å². The molecule has 5 heteroatoms. The minimum atomic E-state index is -0.231. The third-order valence-corrected chi connectivity index (χ3v) is 2.92. The molecular weight excluding hydrogens is 242 g/mol. The molecule has 5 nitrogen and oxygen atoms in total. The van der Waals surface area contributed by atoms with E-state index in [0.717, 1.165) is 12.0 Å². The number of amides is 1. The number of carbonyl (C=O) groups excluding carboxylic acids is 1. The van der Waals surface area contributed by atoms with Gasteiger partial charge in [-0.1, -0.05) is 0 Å². The van der Waals surface area contributed by atoms with Gasteiger partial charge in [-0.15, -0.1) is 0 Å². The van der Waals surface area contributed by atoms with Crippen molar-refractivity contribution in [3.8, 4) is 0 Å². The van der Waals surface area contributed by atoms with E-state index < -0.39 is 0 Å². The first-order valence-electron chi connectivity index (χ1n) is 6.57. The van der Waals surface area contributed by atoms with Crippen molar-refractivity contribution in [3.05, 3.63) is 30.1 Å². The summed E-state index contributed by atoms with van der Waals surface area (Å²) in [6, 6.07) is 3.77. The molecule has 2 N–H and O–H groups in total. The zero-order valence-corrected chi connectivity index (χ0v) is 11.8. The molecule has 0 saturated carbocycles. The summed E-state index contributed by atoms with van der Waals surface area (Å²) >= 11 is 0. The Kier molecular flexibility index (Phi) is 7.07. The highest BCUT2D eigenvalue weighted by atomic mass is 16.5. The molecule has 0 bridgehead atoms. The quantitative estimate of drug-likeness (QED) is 0.695. The first kappa shape index (κ1) is 15.6. The van der Waals surface area contributed by atoms with Gasteiger partial charge in [-0.2, -0.15) is 0 Å². The van der Waals surface area contributed by atoms with Crippen molar-refractivity contribution in [2.75, 3.05) is 20.3 Å². The molecule has 19 heavy (non-hydrogen) atoms. The maximum absolute atomic E-state index is 11.8. The standard InChI is InChI=1S/C14H23N3O2/c1-11(13-5-8-15-9-6-13)17-12(2)14(18)16-7-4-10-19-3/h5-6,8-9,11-12,17H,4,7,10H2,1-3H3,(H,16,18)/t11-,12?/m1/s1. The largest absolute Gasteiger partial charge is 0.385 e. The van der Waals surface area contributed by atoms with Crippen LogP contribution in [0.1, 0.15) is 31.9 Å². The first-order chi connectivity index (χ1) is 9.15. The van der Waals surface area contributed by atoms with Crippen LogP contribution in [0.5, 0.6) is 0 Å². The van der Waals surface area contributed by atoms with Gasteiger partial charge in [0.25, 0.3) is 0 Å². The van der Waals surface area contributed by atoms with Gasteiger partial charge in [-0.25, -0.2) is 0 Å². The second-order valence-corrected chi connectivity index (χ2v) is 4.53. The van der Waals surface area contributed by atoms with Gasteiger partial charge in [0, 0.05) is 38.7 Å². The van der Waals surface area contributed by atoms with Crippen LogP contribution in [0.3, 0.4) is 0 Å². The topological polar surface area (TPSA) is 63.2 Å². The first-order valence-corrected chi connectivity index (χ1v) is 6.57. The molecule has 1 amide bonds. The van der Waals surface area contributed by atoms with Gasteiger partial charge in [0.05, 0.1) is 6.04 Å². The van der Waals surface area contributed by atoms with Crippen LogP contribution in [-0.4, -0.2) is 37.2 Å². The summed E-state index contributed by atoms with van der Waals surface area (Å²) in [5, 5.41) is 6.15. The number of hydrogen-bond donors (Lipinski definition) is 2. The van der Waals surface area contributed by atoms with E-state index in [0.29, 0.717) is 13.2 Å². The lowest BCUT2D eigenvalue weighted by Gasteiger charge is -2.19. The van der Waals surface area contributed by atoms with Gasteiger partial charge < -0.3 is 10.1 Å². The lowest BCUT2D eigenvalue weighted by atomic mass is 10.1. The van der Waals surface area contributed by atoms with Crippen molar-refractivity contribution in [2.45, 2.75) is 32.4 Å². The smallest absolute Gasteiger partial charge is 0.236 e. The molecule has 1 rings (SSSR count). The molecule has 0 saturated heterocycles. The molecule has 1 aromatic rings. The average Bonchev–Trinajstić information content (AvgIpc) is 2.44. The van der Waals surface area contributed by atoms with Crippen LogP contribution in [0.25, 0.3) is 0 Å². The Morgan fingerprint density at radius 2 is 2.05 bits per heavy atom. The molecule has 1 aromatic heterocycles. The van der Waals surface area contributed by atoms with Crippen LogP contribution in [0.2, 0.25) is 0 Å². The number of carbonyl (C=O) groups is 1. The van der Waals surface area contributed by atoms with Crippen LogP contribution in [0.4, 0.5) is 0 Å². The summed E-state index contributed by atoms with van der Waals surface area (Å²) in [4.78, 5) is 15.8. The SMILES string of the molecule is COCCCNC(=O)C(C)N[C@H](C)c1ccncc1. The Bertz CT molecular complexity index is 370. The second kappa shape index (κ2) is 8.61. The molecule has 0 radical (unpaired) electrons. The van der Waals surface area contributed by atoms with E-state index in [-0.39, 0.29) is 18.0 Å². The molecular formula is C14H23N3O2. The molecule has 0 aliphatic heterocycles. The molecule has 0 fully saturated rings. The number of nitrogens with one attached hydrogen (secondary N) is 2. The van der Waals surface area contributed by atoms with E-state index in [4.69, 9.17) is 4.74 Å². The molecule has 106 valence electrons. The second-order valence-electron chi connectivity index (χ2n) is 4.53. The maximum atomic E-state index is 11.8. The Balaban J connectivity index is 2.33. The Morgan fingerprint density at radius 1 is 1.37 bits per heavy atom. The predicted molar refractivity (Wildman–Crippen MR) is 74.8 cm³/mol. The predicted octanol–water partition coefficient (Wildman–Crippen LogP) is 1.27. The Morgan fingerprint density at radius 3 is 2.68 bits per heavy atom. The molecule has 0 spiro atoms. The average molecular weight is 265 g/mol. The highest BCUT2D eigenvalue weighted by Crippen LogP contribution is 2.10. The number of ether oxygens (including phenoxy) is 1. The minimum absolute atomic E-state index is 0.0111. The Labute approximate surface area is 114 Å². The number of methoxy groups -OCH3 is 1. The minimum Gasteiger partial charge on any atom is -0.385 e. The summed E-state index contributed by atoms with van der Waals surface area (Å²) in [5.41, 5.74) is 1.12. The van der Waals surface area contributed by atoms with Crippen molar-refractivity contribution in [1.82, 2.24) is 15.6 Å². The highest BCUT2D eigenvalue weighted by Gasteiger charge is 2.15. The van der Waals surface area contributed by atoms with Gasteiger partial charge in [0.1, 0.15) is 0 Å². The van der Waals surface area contributed by atoms with Crippen LogP contribution >= 0.6 is 0 Å². The van der Waals surface area contributed by atoms with Crippen molar-refractivity contribution in [3.63, 3.8) is 0 Å². The molecule has 0 aliphatic rings. The fourth-order valence-corrected chi connectivity index (χ4v) is 1.78. The number of nitrogens with zero attached hydrogens (tertiary/aromatic N) is 1. The van der Waals surface area contributed by atoms with Gasteiger partial charge in [-0.05, 0) is 38.0 Å². The summed E-state index contributed by atoms with van der Waals surface area (Å²) in [5.74, 6) is 0.0111. The Hall–Kier alpha value is -1.46. The normalized spacial score (nSPS) is 13.8. The number of hydrogen-bond acceptors (Lipinski definition) is 4. The third-order valence-electron chi connectivity index (χ3n) is 2.92. The summed E-state index contributed by atoms with van der Waals surface area (Å²) in [6.45, 7) is 5.20. The van der Waals surface area contributed by atoms with Crippen LogP contribution in [0, 0.1) is 0 Å². The van der Waals surface area contributed by atoms with E-state index in [9.17, 15) is 4.79 Å². The fourth-order valence-electron chi connectivity index (χ4n) is 1.78. The van der Waals surface area contributed by atoms with E-state index in [1.807, 2.05) is 26.0 Å². The summed E-state index contributed by atoms with van der Waals surface area (Å²) in [6.07, 6.45) is 4.33. The van der Waals surface area contributed by atoms with Crippen molar-refractivity contribution in [2.24, 2.45) is 0 Å². The number of pyridine rings is 1. The molecule has 1 heterocycles. The van der Waals surface area contributed by atoms with E-state index in [1.165, 1.54) is 0 Å². The fraction of sp³-hybridized carbons (Fsp3) is 0.571. The van der Waals surface area contributed by atoms with Crippen LogP contribution in [-0.2, 0) is 9.53 Å². The maximum Gasteiger partial charge on any atom is 0.236 e. The van der Waals surface area contributed by atoms with Crippen LogP contribution in [0.15, 0.2) is 24.5 Å². The van der Waals surface area contributed by atoms with Gasteiger partial charge in [0.2, 0.25) is 5.91 Å². The summed E-state index contributed by atoms with van der Waals surface area (Å²) < 4.78 is 4.93. The zero-order chi connectivity index (χ0) is 14.1.